The molecular weight excluding hydrogens is 542 g/mol. The molecule has 1 aliphatic heterocycles. The lowest BCUT2D eigenvalue weighted by atomic mass is 9.82. The van der Waals surface area contributed by atoms with E-state index in [0.29, 0.717) is 35.6 Å². The number of nitrogens with one attached hydrogen (secondary N) is 2. The Bertz CT molecular complexity index is 1600. The van der Waals surface area contributed by atoms with Gasteiger partial charge in [-0.2, -0.15) is 0 Å². The molecule has 0 fully saturated rings. The predicted octanol–water partition coefficient (Wildman–Crippen LogP) is 3.70. The van der Waals surface area contributed by atoms with Gasteiger partial charge in [0.2, 0.25) is 15.9 Å². The van der Waals surface area contributed by atoms with E-state index in [0.717, 1.165) is 22.3 Å². The molecule has 0 saturated carbocycles. The van der Waals surface area contributed by atoms with Crippen molar-refractivity contribution >= 4 is 27.3 Å². The standard InChI is InChI=1S/C31H33N3O6S/c1-4-39-30-23-12-9-15-32-27(23)26-25(29(30)36)28(33-31(26)40-5-2)22-14-13-21(16-19(22)3)18-41(37,38)34-24(35)17-20-10-7-6-8-11-20/h6-16,28,30-31,33H,4-5,17-18H2,1-3H3,(H,34,35). The van der Waals surface area contributed by atoms with Crippen LogP contribution >= 0.6 is 0 Å². The first-order valence-electron chi connectivity index (χ1n) is 13.6. The van der Waals surface area contributed by atoms with E-state index in [4.69, 9.17) is 9.47 Å². The first kappa shape index (κ1) is 28.8. The van der Waals surface area contributed by atoms with E-state index in [1.165, 1.54) is 0 Å². The molecule has 0 radical (unpaired) electrons. The van der Waals surface area contributed by atoms with Gasteiger partial charge < -0.3 is 9.47 Å². The molecule has 1 aromatic heterocycles. The minimum Gasteiger partial charge on any atom is -0.366 e. The molecule has 9 nitrogen and oxygen atoms in total. The van der Waals surface area contributed by atoms with Crippen molar-refractivity contribution in [1.29, 1.82) is 0 Å². The molecule has 3 aromatic rings. The number of rotatable bonds is 10. The van der Waals surface area contributed by atoms with Crippen LogP contribution in [0.25, 0.3) is 5.57 Å². The van der Waals surface area contributed by atoms with Crippen molar-refractivity contribution in [3.63, 3.8) is 0 Å². The summed E-state index contributed by atoms with van der Waals surface area (Å²) in [5.74, 6) is -1.09. The Morgan fingerprint density at radius 2 is 1.71 bits per heavy atom. The quantitative estimate of drug-likeness (QED) is 0.375. The highest BCUT2D eigenvalue weighted by Gasteiger charge is 2.47. The number of aromatic nitrogens is 1. The van der Waals surface area contributed by atoms with Crippen LogP contribution in [0.2, 0.25) is 0 Å². The molecule has 1 aliphatic carbocycles. The summed E-state index contributed by atoms with van der Waals surface area (Å²) >= 11 is 0. The van der Waals surface area contributed by atoms with Gasteiger partial charge in [0.1, 0.15) is 12.3 Å². The third kappa shape index (κ3) is 6.01. The first-order valence-corrected chi connectivity index (χ1v) is 15.3. The molecular formula is C31H33N3O6S. The number of ketones is 1. The Balaban J connectivity index is 1.41. The average molecular weight is 576 g/mol. The van der Waals surface area contributed by atoms with Gasteiger partial charge in [0.05, 0.1) is 23.9 Å². The van der Waals surface area contributed by atoms with Gasteiger partial charge in [0, 0.05) is 36.1 Å². The highest BCUT2D eigenvalue weighted by Crippen LogP contribution is 2.47. The molecule has 41 heavy (non-hydrogen) atoms. The fourth-order valence-electron chi connectivity index (χ4n) is 5.55. The molecule has 214 valence electrons. The van der Waals surface area contributed by atoms with Crippen LogP contribution in [-0.4, -0.2) is 44.5 Å². The van der Waals surface area contributed by atoms with Crippen LogP contribution in [0.1, 0.15) is 59.5 Å². The maximum Gasteiger partial charge on any atom is 0.239 e. The van der Waals surface area contributed by atoms with Gasteiger partial charge >= 0.3 is 0 Å². The number of benzene rings is 2. The molecule has 2 aliphatic rings. The molecule has 2 aromatic carbocycles. The van der Waals surface area contributed by atoms with Gasteiger partial charge in [0.25, 0.3) is 0 Å². The number of aryl methyl sites for hydroxylation is 1. The van der Waals surface area contributed by atoms with Crippen LogP contribution in [0.4, 0.5) is 0 Å². The average Bonchev–Trinajstić information content (AvgIpc) is 3.30. The molecule has 2 heterocycles. The van der Waals surface area contributed by atoms with E-state index in [2.05, 4.69) is 15.0 Å². The first-order chi connectivity index (χ1) is 19.7. The van der Waals surface area contributed by atoms with Crippen LogP contribution in [0.15, 0.2) is 72.4 Å². The van der Waals surface area contributed by atoms with Gasteiger partial charge in [-0.3, -0.25) is 24.6 Å². The Morgan fingerprint density at radius 3 is 2.41 bits per heavy atom. The second-order valence-corrected chi connectivity index (χ2v) is 11.8. The van der Waals surface area contributed by atoms with Crippen molar-refractivity contribution < 1.29 is 27.5 Å². The third-order valence-corrected chi connectivity index (χ3v) is 8.44. The van der Waals surface area contributed by atoms with Crippen LogP contribution in [0.5, 0.6) is 0 Å². The number of carbonyl (C=O) groups is 2. The van der Waals surface area contributed by atoms with Gasteiger partial charge in [-0.15, -0.1) is 0 Å². The molecule has 5 rings (SSSR count). The lowest BCUT2D eigenvalue weighted by Crippen LogP contribution is -2.33. The second kappa shape index (κ2) is 12.0. The van der Waals surface area contributed by atoms with E-state index in [-0.39, 0.29) is 18.0 Å². The summed E-state index contributed by atoms with van der Waals surface area (Å²) in [6, 6.07) is 17.4. The van der Waals surface area contributed by atoms with Crippen molar-refractivity contribution in [3.05, 3.63) is 106 Å². The number of sulfonamides is 1. The SMILES string of the molecule is CCOC1NC(c2ccc(CS(=O)(=O)NC(=O)Cc3ccccc3)cc2C)C2=C1c1ncccc1C(OCC)C2=O. The van der Waals surface area contributed by atoms with E-state index < -0.39 is 34.3 Å². The molecule has 0 spiro atoms. The number of hydrogen-bond donors (Lipinski definition) is 2. The zero-order chi connectivity index (χ0) is 29.1. The maximum atomic E-state index is 13.9. The van der Waals surface area contributed by atoms with Gasteiger partial charge in [-0.05, 0) is 49.1 Å². The molecule has 3 unspecified atom stereocenters. The maximum absolute atomic E-state index is 13.9. The highest BCUT2D eigenvalue weighted by atomic mass is 32.2. The number of amides is 1. The van der Waals surface area contributed by atoms with E-state index in [1.807, 2.05) is 39.0 Å². The number of carbonyl (C=O) groups excluding carboxylic acids is 2. The zero-order valence-corrected chi connectivity index (χ0v) is 24.0. The van der Waals surface area contributed by atoms with Crippen molar-refractivity contribution in [1.82, 2.24) is 15.0 Å². The summed E-state index contributed by atoms with van der Waals surface area (Å²) in [7, 11) is -3.92. The van der Waals surface area contributed by atoms with Crippen molar-refractivity contribution in [3.8, 4) is 0 Å². The van der Waals surface area contributed by atoms with Gasteiger partial charge in [-0.1, -0.05) is 54.6 Å². The summed E-state index contributed by atoms with van der Waals surface area (Å²) in [4.78, 5) is 30.8. The minimum absolute atomic E-state index is 0.0292. The number of pyridine rings is 1. The number of nitrogens with zero attached hydrogens (tertiary/aromatic N) is 1. The number of Topliss-reactive ketones (excluding diaryl/α,β-unsaturated/α-hetero) is 1. The Labute approximate surface area is 240 Å². The molecule has 1 amide bonds. The molecule has 2 N–H and O–H groups in total. The Morgan fingerprint density at radius 1 is 0.951 bits per heavy atom. The van der Waals surface area contributed by atoms with Crippen LogP contribution in [0.3, 0.4) is 0 Å². The lowest BCUT2D eigenvalue weighted by molar-refractivity contribution is -0.127. The van der Waals surface area contributed by atoms with E-state index >= 15 is 0 Å². The van der Waals surface area contributed by atoms with E-state index in [1.54, 1.807) is 48.7 Å². The minimum atomic E-state index is -3.92. The van der Waals surface area contributed by atoms with E-state index in [9.17, 15) is 18.0 Å². The highest BCUT2D eigenvalue weighted by molar-refractivity contribution is 7.89. The number of fused-ring (bicyclic) bond motifs is 2. The van der Waals surface area contributed by atoms with Crippen LogP contribution < -0.4 is 10.0 Å². The second-order valence-electron chi connectivity index (χ2n) is 10.0. The molecule has 0 saturated heterocycles. The lowest BCUT2D eigenvalue weighted by Gasteiger charge is -2.27. The largest absolute Gasteiger partial charge is 0.366 e. The summed E-state index contributed by atoms with van der Waals surface area (Å²) in [5, 5.41) is 3.45. The summed E-state index contributed by atoms with van der Waals surface area (Å²) in [6.45, 7) is 6.40. The number of hydrogen-bond acceptors (Lipinski definition) is 8. The molecule has 10 heteroatoms. The van der Waals surface area contributed by atoms with Crippen LogP contribution in [-0.2, 0) is 41.3 Å². The normalized spacial score (nSPS) is 20.1. The summed E-state index contributed by atoms with van der Waals surface area (Å²) in [6.07, 6.45) is 0.354. The molecule has 3 atom stereocenters. The topological polar surface area (TPSA) is 124 Å². The van der Waals surface area contributed by atoms with Crippen molar-refractivity contribution in [2.75, 3.05) is 13.2 Å². The smallest absolute Gasteiger partial charge is 0.239 e. The van der Waals surface area contributed by atoms with Crippen LogP contribution in [0, 0.1) is 6.92 Å². The van der Waals surface area contributed by atoms with Crippen molar-refractivity contribution in [2.24, 2.45) is 0 Å². The summed E-state index contributed by atoms with van der Waals surface area (Å²) in [5.41, 5.74) is 5.52. The van der Waals surface area contributed by atoms with Crippen molar-refractivity contribution in [2.45, 2.75) is 51.3 Å². The monoisotopic (exact) mass is 575 g/mol. The summed E-state index contributed by atoms with van der Waals surface area (Å²) < 4.78 is 39.6. The molecule has 0 bridgehead atoms. The third-order valence-electron chi connectivity index (χ3n) is 7.18. The predicted molar refractivity (Wildman–Crippen MR) is 154 cm³/mol. The Hall–Kier alpha value is -3.70. The fourth-order valence-corrected chi connectivity index (χ4v) is 6.66. The zero-order valence-electron chi connectivity index (χ0n) is 23.2. The van der Waals surface area contributed by atoms with Gasteiger partial charge in [-0.25, -0.2) is 8.42 Å². The fraction of sp³-hybridized carbons (Fsp3) is 0.323. The number of ether oxygens (including phenoxy) is 2. The Kier molecular flexibility index (Phi) is 8.46. The van der Waals surface area contributed by atoms with Gasteiger partial charge in [0.15, 0.2) is 5.78 Å².